The lowest BCUT2D eigenvalue weighted by molar-refractivity contribution is 0.405. The SMILES string of the molecule is COc1cccc(F)c1CNc1ccc(-c2ncccc2C)c2nncn12. The number of hydrogen-bond donors (Lipinski definition) is 1. The zero-order valence-corrected chi connectivity index (χ0v) is 15.0. The van der Waals surface area contributed by atoms with Crippen molar-refractivity contribution in [3.05, 3.63) is 71.9 Å². The highest BCUT2D eigenvalue weighted by Gasteiger charge is 2.14. The van der Waals surface area contributed by atoms with Gasteiger partial charge in [-0.15, -0.1) is 10.2 Å². The Morgan fingerprint density at radius 3 is 2.85 bits per heavy atom. The molecule has 4 rings (SSSR count). The van der Waals surface area contributed by atoms with Crippen molar-refractivity contribution in [2.45, 2.75) is 13.5 Å². The van der Waals surface area contributed by atoms with Gasteiger partial charge in [-0.1, -0.05) is 12.1 Å². The number of hydrogen-bond acceptors (Lipinski definition) is 5. The van der Waals surface area contributed by atoms with Crippen LogP contribution < -0.4 is 10.1 Å². The van der Waals surface area contributed by atoms with Crippen LogP contribution in [0.2, 0.25) is 0 Å². The maximum atomic E-state index is 14.2. The number of benzene rings is 1. The van der Waals surface area contributed by atoms with Crippen molar-refractivity contribution in [2.24, 2.45) is 0 Å². The van der Waals surface area contributed by atoms with Crippen molar-refractivity contribution in [1.82, 2.24) is 19.6 Å². The molecule has 0 fully saturated rings. The van der Waals surface area contributed by atoms with Gasteiger partial charge in [0.05, 0.1) is 12.8 Å². The molecule has 0 spiro atoms. The molecule has 1 N–H and O–H groups in total. The third-order valence-electron chi connectivity index (χ3n) is 4.46. The predicted octanol–water partition coefficient (Wildman–Crippen LogP) is 3.86. The van der Waals surface area contributed by atoms with Gasteiger partial charge >= 0.3 is 0 Å². The summed E-state index contributed by atoms with van der Waals surface area (Å²) in [6.07, 6.45) is 3.38. The summed E-state index contributed by atoms with van der Waals surface area (Å²) in [4.78, 5) is 4.47. The minimum absolute atomic E-state index is 0.269. The Morgan fingerprint density at radius 2 is 2.04 bits per heavy atom. The van der Waals surface area contributed by atoms with Crippen LogP contribution in [0.25, 0.3) is 16.9 Å². The highest BCUT2D eigenvalue weighted by Crippen LogP contribution is 2.28. The average Bonchev–Trinajstić information content (AvgIpc) is 3.17. The molecule has 7 heteroatoms. The van der Waals surface area contributed by atoms with Gasteiger partial charge < -0.3 is 10.1 Å². The van der Waals surface area contributed by atoms with Crippen LogP contribution in [0.3, 0.4) is 0 Å². The fraction of sp³-hybridized carbons (Fsp3) is 0.150. The summed E-state index contributed by atoms with van der Waals surface area (Å²) in [7, 11) is 1.53. The Kier molecular flexibility index (Phi) is 4.42. The van der Waals surface area contributed by atoms with Crippen LogP contribution in [0.15, 0.2) is 55.0 Å². The molecule has 6 nitrogen and oxygen atoms in total. The largest absolute Gasteiger partial charge is 0.496 e. The fourth-order valence-electron chi connectivity index (χ4n) is 3.09. The predicted molar refractivity (Wildman–Crippen MR) is 101 cm³/mol. The van der Waals surface area contributed by atoms with Gasteiger partial charge in [-0.3, -0.25) is 9.38 Å². The molecule has 0 aliphatic heterocycles. The van der Waals surface area contributed by atoms with E-state index in [2.05, 4.69) is 20.5 Å². The Bertz CT molecular complexity index is 1110. The van der Waals surface area contributed by atoms with E-state index in [1.807, 2.05) is 35.6 Å². The smallest absolute Gasteiger partial charge is 0.171 e. The molecule has 1 aromatic carbocycles. The zero-order valence-electron chi connectivity index (χ0n) is 15.0. The molecular formula is C20H18FN5O. The van der Waals surface area contributed by atoms with Crippen molar-refractivity contribution in [1.29, 1.82) is 0 Å². The van der Waals surface area contributed by atoms with E-state index in [-0.39, 0.29) is 12.4 Å². The van der Waals surface area contributed by atoms with Crippen LogP contribution in [-0.4, -0.2) is 26.7 Å². The van der Waals surface area contributed by atoms with E-state index in [1.54, 1.807) is 24.7 Å². The van der Waals surface area contributed by atoms with Gasteiger partial charge in [0.2, 0.25) is 0 Å². The summed E-state index contributed by atoms with van der Waals surface area (Å²) >= 11 is 0. The third kappa shape index (κ3) is 3.08. The topological polar surface area (TPSA) is 64.3 Å². The number of aromatic nitrogens is 4. The Hall–Kier alpha value is -3.48. The summed E-state index contributed by atoms with van der Waals surface area (Å²) in [5.41, 5.74) is 3.95. The first-order valence-corrected chi connectivity index (χ1v) is 8.49. The van der Waals surface area contributed by atoms with Crippen LogP contribution >= 0.6 is 0 Å². The highest BCUT2D eigenvalue weighted by molar-refractivity contribution is 5.78. The highest BCUT2D eigenvalue weighted by atomic mass is 19.1. The van der Waals surface area contributed by atoms with Crippen LogP contribution in [0.1, 0.15) is 11.1 Å². The van der Waals surface area contributed by atoms with Gasteiger partial charge in [0.15, 0.2) is 5.65 Å². The number of methoxy groups -OCH3 is 1. The monoisotopic (exact) mass is 363 g/mol. The van der Waals surface area contributed by atoms with Crippen LogP contribution in [0, 0.1) is 12.7 Å². The summed E-state index contributed by atoms with van der Waals surface area (Å²) in [5, 5.41) is 11.5. The van der Waals surface area contributed by atoms with Gasteiger partial charge in [-0.2, -0.15) is 0 Å². The lowest BCUT2D eigenvalue weighted by atomic mass is 10.1. The normalized spacial score (nSPS) is 10.9. The van der Waals surface area contributed by atoms with E-state index in [9.17, 15) is 4.39 Å². The number of fused-ring (bicyclic) bond motifs is 1. The summed E-state index contributed by atoms with van der Waals surface area (Å²) in [6, 6.07) is 12.5. The second-order valence-corrected chi connectivity index (χ2v) is 6.10. The lowest BCUT2D eigenvalue weighted by Crippen LogP contribution is -2.07. The van der Waals surface area contributed by atoms with E-state index in [0.29, 0.717) is 17.0 Å². The lowest BCUT2D eigenvalue weighted by Gasteiger charge is -2.14. The second-order valence-electron chi connectivity index (χ2n) is 6.10. The molecule has 0 unspecified atom stereocenters. The zero-order chi connectivity index (χ0) is 18.8. The maximum absolute atomic E-state index is 14.2. The van der Waals surface area contributed by atoms with E-state index >= 15 is 0 Å². The molecule has 136 valence electrons. The molecule has 0 radical (unpaired) electrons. The van der Waals surface area contributed by atoms with Crippen molar-refractivity contribution in [2.75, 3.05) is 12.4 Å². The molecule has 0 amide bonds. The van der Waals surface area contributed by atoms with E-state index in [0.717, 1.165) is 22.6 Å². The number of nitrogens with zero attached hydrogens (tertiary/aromatic N) is 4. The first-order valence-electron chi connectivity index (χ1n) is 8.49. The molecule has 0 saturated carbocycles. The van der Waals surface area contributed by atoms with Crippen molar-refractivity contribution < 1.29 is 9.13 Å². The second kappa shape index (κ2) is 7.03. The van der Waals surface area contributed by atoms with Gasteiger partial charge in [0, 0.05) is 23.9 Å². The molecule has 3 aromatic heterocycles. The third-order valence-corrected chi connectivity index (χ3v) is 4.46. The minimum atomic E-state index is -0.317. The molecule has 0 bridgehead atoms. The fourth-order valence-corrected chi connectivity index (χ4v) is 3.09. The summed E-state index contributed by atoms with van der Waals surface area (Å²) in [6.45, 7) is 2.27. The molecular weight excluding hydrogens is 345 g/mol. The molecule has 3 heterocycles. The van der Waals surface area contributed by atoms with E-state index in [1.165, 1.54) is 13.2 Å². The Morgan fingerprint density at radius 1 is 1.15 bits per heavy atom. The van der Waals surface area contributed by atoms with Crippen LogP contribution in [0.5, 0.6) is 5.75 Å². The van der Waals surface area contributed by atoms with Crippen molar-refractivity contribution in [3.63, 3.8) is 0 Å². The summed E-state index contributed by atoms with van der Waals surface area (Å²) < 4.78 is 21.3. The number of nitrogens with one attached hydrogen (secondary N) is 1. The first-order chi connectivity index (χ1) is 13.2. The average molecular weight is 363 g/mol. The molecule has 0 aliphatic rings. The minimum Gasteiger partial charge on any atom is -0.496 e. The van der Waals surface area contributed by atoms with Crippen LogP contribution in [-0.2, 0) is 6.54 Å². The molecule has 0 aliphatic carbocycles. The van der Waals surface area contributed by atoms with Crippen molar-refractivity contribution in [3.8, 4) is 17.0 Å². The molecule has 0 atom stereocenters. The molecule has 27 heavy (non-hydrogen) atoms. The van der Waals surface area contributed by atoms with E-state index in [4.69, 9.17) is 4.74 Å². The molecule has 4 aromatic rings. The Labute approximate surface area is 155 Å². The number of rotatable bonds is 5. The van der Waals surface area contributed by atoms with Crippen molar-refractivity contribution >= 4 is 11.5 Å². The summed E-state index contributed by atoms with van der Waals surface area (Å²) in [5.74, 6) is 0.934. The first kappa shape index (κ1) is 17.0. The Balaban J connectivity index is 1.70. The number of anilines is 1. The quantitative estimate of drug-likeness (QED) is 0.583. The number of aryl methyl sites for hydroxylation is 1. The van der Waals surface area contributed by atoms with Gasteiger partial charge in [0.1, 0.15) is 23.7 Å². The van der Waals surface area contributed by atoms with Gasteiger partial charge in [-0.05, 0) is 42.8 Å². The number of halogens is 1. The maximum Gasteiger partial charge on any atom is 0.171 e. The van der Waals surface area contributed by atoms with E-state index < -0.39 is 0 Å². The molecule has 0 saturated heterocycles. The van der Waals surface area contributed by atoms with Crippen LogP contribution in [0.4, 0.5) is 10.2 Å². The van der Waals surface area contributed by atoms with Gasteiger partial charge in [0.25, 0.3) is 0 Å². The number of pyridine rings is 2. The standard InChI is InChI=1S/C20H18FN5O/c1-13-5-4-10-22-19(13)14-8-9-18(26-12-24-25-20(14)26)23-11-15-16(21)6-3-7-17(15)27-2/h3-10,12,23H,11H2,1-2H3. The van der Waals surface area contributed by atoms with Gasteiger partial charge in [-0.25, -0.2) is 4.39 Å². The number of ether oxygens (including phenoxy) is 1.